The second-order valence-electron chi connectivity index (χ2n) is 10.4. The number of methoxy groups -OCH3 is 1. The summed E-state index contributed by atoms with van der Waals surface area (Å²) in [5, 5.41) is 5.12. The summed E-state index contributed by atoms with van der Waals surface area (Å²) < 4.78 is 16.7. The number of anilines is 1. The first kappa shape index (κ1) is 26.9. The van der Waals surface area contributed by atoms with E-state index in [1.807, 2.05) is 18.2 Å². The van der Waals surface area contributed by atoms with Crippen LogP contribution in [0.2, 0.25) is 5.02 Å². The largest absolute Gasteiger partial charge is 0.497 e. The Morgan fingerprint density at radius 3 is 2.58 bits per heavy atom. The van der Waals surface area contributed by atoms with Gasteiger partial charge in [0.25, 0.3) is 0 Å². The summed E-state index contributed by atoms with van der Waals surface area (Å²) in [6.45, 7) is 7.02. The van der Waals surface area contributed by atoms with E-state index in [4.69, 9.17) is 25.5 Å². The van der Waals surface area contributed by atoms with Crippen LogP contribution in [0.5, 0.6) is 11.5 Å². The zero-order valence-electron chi connectivity index (χ0n) is 22.2. The van der Waals surface area contributed by atoms with E-state index in [1.165, 1.54) is 44.0 Å². The molecular formula is C30H38ClN3O4. The lowest BCUT2D eigenvalue weighted by molar-refractivity contribution is 0.204. The molecule has 0 saturated carbocycles. The minimum absolute atomic E-state index is 0.284. The quantitative estimate of drug-likeness (QED) is 0.258. The van der Waals surface area contributed by atoms with E-state index in [0.29, 0.717) is 17.2 Å². The Morgan fingerprint density at radius 1 is 1.00 bits per heavy atom. The smallest absolute Gasteiger partial charge is 0.338 e. The van der Waals surface area contributed by atoms with Crippen LogP contribution in [0.25, 0.3) is 11.0 Å². The number of halogens is 1. The van der Waals surface area contributed by atoms with Crippen LogP contribution in [-0.2, 0) is 6.54 Å². The molecule has 2 saturated heterocycles. The van der Waals surface area contributed by atoms with Crippen molar-refractivity contribution in [2.75, 3.05) is 51.8 Å². The van der Waals surface area contributed by atoms with Crippen LogP contribution in [-0.4, -0.2) is 62.3 Å². The van der Waals surface area contributed by atoms with Gasteiger partial charge in [0, 0.05) is 43.7 Å². The van der Waals surface area contributed by atoms with Gasteiger partial charge in [0.2, 0.25) is 0 Å². The first-order valence-electron chi connectivity index (χ1n) is 13.8. The number of likely N-dealkylation sites (tertiary alicyclic amines) is 2. The van der Waals surface area contributed by atoms with E-state index in [2.05, 4.69) is 21.2 Å². The predicted octanol–water partition coefficient (Wildman–Crippen LogP) is 5.79. The zero-order valence-corrected chi connectivity index (χ0v) is 23.0. The average Bonchev–Trinajstić information content (AvgIpc) is 2.93. The molecule has 8 heteroatoms. The molecule has 5 rings (SSSR count). The van der Waals surface area contributed by atoms with Crippen molar-refractivity contribution in [1.82, 2.24) is 9.80 Å². The number of fused-ring (bicyclic) bond motifs is 1. The molecule has 2 aromatic carbocycles. The van der Waals surface area contributed by atoms with E-state index in [9.17, 15) is 4.79 Å². The molecule has 0 amide bonds. The maximum Gasteiger partial charge on any atom is 0.338 e. The Balaban J connectivity index is 1.10. The Labute approximate surface area is 229 Å². The molecular weight excluding hydrogens is 502 g/mol. The lowest BCUT2D eigenvalue weighted by atomic mass is 10.0. The van der Waals surface area contributed by atoms with Crippen LogP contribution < -0.4 is 20.4 Å². The summed E-state index contributed by atoms with van der Waals surface area (Å²) in [7, 11) is 1.63. The van der Waals surface area contributed by atoms with Crippen molar-refractivity contribution in [3.63, 3.8) is 0 Å². The van der Waals surface area contributed by atoms with Crippen LogP contribution in [0.3, 0.4) is 0 Å². The van der Waals surface area contributed by atoms with Crippen molar-refractivity contribution in [1.29, 1.82) is 0 Å². The highest BCUT2D eigenvalue weighted by Gasteiger charge is 2.21. The molecule has 0 radical (unpaired) electrons. The minimum atomic E-state index is -0.353. The van der Waals surface area contributed by atoms with Gasteiger partial charge < -0.3 is 24.1 Å². The first-order valence-corrected chi connectivity index (χ1v) is 14.2. The highest BCUT2D eigenvalue weighted by molar-refractivity contribution is 6.32. The molecule has 0 bridgehead atoms. The van der Waals surface area contributed by atoms with Gasteiger partial charge in [-0.2, -0.15) is 0 Å². The van der Waals surface area contributed by atoms with Crippen molar-refractivity contribution in [2.24, 2.45) is 0 Å². The molecule has 0 unspecified atom stereocenters. The van der Waals surface area contributed by atoms with E-state index >= 15 is 0 Å². The van der Waals surface area contributed by atoms with Crippen LogP contribution in [0.15, 0.2) is 51.7 Å². The highest BCUT2D eigenvalue weighted by atomic mass is 35.5. The number of hydrogen-bond donors (Lipinski definition) is 1. The molecule has 0 spiro atoms. The van der Waals surface area contributed by atoms with E-state index in [1.54, 1.807) is 19.2 Å². The molecule has 2 aliphatic heterocycles. The molecule has 2 fully saturated rings. The lowest BCUT2D eigenvalue weighted by Gasteiger charge is -2.33. The van der Waals surface area contributed by atoms with Crippen molar-refractivity contribution in [3.8, 4) is 11.5 Å². The standard InChI is InChI=1S/C30H38ClN3O4/c1-36-24-7-9-28-25(19-24)27(20-30(35)38-28)32-23-10-15-34(16-11-23)21-22-6-8-29(26(31)18-22)37-17-5-14-33-12-3-2-4-13-33/h6-9,18-20,23,32H,2-5,10-17,21H2,1H3. The van der Waals surface area contributed by atoms with E-state index in [0.717, 1.165) is 68.0 Å². The van der Waals surface area contributed by atoms with Gasteiger partial charge in [-0.25, -0.2) is 4.79 Å². The second-order valence-corrected chi connectivity index (χ2v) is 10.8. The Kier molecular flexibility index (Phi) is 9.10. The number of ether oxygens (including phenoxy) is 2. The van der Waals surface area contributed by atoms with E-state index < -0.39 is 0 Å². The van der Waals surface area contributed by atoms with Crippen LogP contribution >= 0.6 is 11.6 Å². The summed E-state index contributed by atoms with van der Waals surface area (Å²) in [5.74, 6) is 1.50. The fourth-order valence-electron chi connectivity index (χ4n) is 5.51. The van der Waals surface area contributed by atoms with E-state index in [-0.39, 0.29) is 11.7 Å². The van der Waals surface area contributed by atoms with Gasteiger partial charge in [-0.3, -0.25) is 4.90 Å². The molecule has 204 valence electrons. The maximum atomic E-state index is 12.1. The highest BCUT2D eigenvalue weighted by Crippen LogP contribution is 2.29. The number of nitrogens with zero attached hydrogens (tertiary/aromatic N) is 2. The minimum Gasteiger partial charge on any atom is -0.497 e. The zero-order chi connectivity index (χ0) is 26.3. The fraction of sp³-hybridized carbons (Fsp3) is 0.500. The number of nitrogens with one attached hydrogen (secondary N) is 1. The molecule has 7 nitrogen and oxygen atoms in total. The molecule has 0 atom stereocenters. The molecule has 3 heterocycles. The number of piperidine rings is 2. The maximum absolute atomic E-state index is 12.1. The van der Waals surface area contributed by atoms with Gasteiger partial charge in [-0.15, -0.1) is 0 Å². The summed E-state index contributed by atoms with van der Waals surface area (Å²) >= 11 is 6.56. The van der Waals surface area contributed by atoms with Crippen molar-refractivity contribution >= 4 is 28.3 Å². The normalized spacial score (nSPS) is 17.5. The molecule has 1 N–H and O–H groups in total. The van der Waals surface area contributed by atoms with Gasteiger partial charge in [0.05, 0.1) is 24.4 Å². The number of benzene rings is 2. The van der Waals surface area contributed by atoms with Gasteiger partial charge in [0.1, 0.15) is 17.1 Å². The van der Waals surface area contributed by atoms with Crippen molar-refractivity contribution in [3.05, 3.63) is 63.5 Å². The third-order valence-electron chi connectivity index (χ3n) is 7.62. The topological polar surface area (TPSA) is 67.2 Å². The van der Waals surface area contributed by atoms with Gasteiger partial charge in [-0.1, -0.05) is 24.1 Å². The van der Waals surface area contributed by atoms with Crippen molar-refractivity contribution < 1.29 is 13.9 Å². The summed E-state index contributed by atoms with van der Waals surface area (Å²) in [5.41, 5.74) is 2.20. The molecule has 2 aliphatic rings. The van der Waals surface area contributed by atoms with Gasteiger partial charge in [-0.05, 0) is 81.1 Å². The second kappa shape index (κ2) is 12.9. The van der Waals surface area contributed by atoms with Gasteiger partial charge >= 0.3 is 5.63 Å². The predicted molar refractivity (Wildman–Crippen MR) is 153 cm³/mol. The summed E-state index contributed by atoms with van der Waals surface area (Å²) in [6.07, 6.45) is 7.00. The Hall–Kier alpha value is -2.74. The molecule has 38 heavy (non-hydrogen) atoms. The number of hydrogen-bond acceptors (Lipinski definition) is 7. The van der Waals surface area contributed by atoms with Crippen LogP contribution in [0.1, 0.15) is 44.1 Å². The summed E-state index contributed by atoms with van der Waals surface area (Å²) in [6, 6.07) is 13.5. The molecule has 0 aliphatic carbocycles. The fourth-order valence-corrected chi connectivity index (χ4v) is 5.77. The van der Waals surface area contributed by atoms with Crippen molar-refractivity contribution in [2.45, 2.75) is 51.1 Å². The molecule has 3 aromatic rings. The van der Waals surface area contributed by atoms with Crippen LogP contribution in [0.4, 0.5) is 5.69 Å². The Morgan fingerprint density at radius 2 is 1.82 bits per heavy atom. The van der Waals surface area contributed by atoms with Crippen LogP contribution in [0, 0.1) is 0 Å². The number of rotatable bonds is 10. The third-order valence-corrected chi connectivity index (χ3v) is 7.92. The SMILES string of the molecule is COc1ccc2oc(=O)cc(NC3CCN(Cc4ccc(OCCCN5CCCCC5)c(Cl)c4)CC3)c2c1. The summed E-state index contributed by atoms with van der Waals surface area (Å²) in [4.78, 5) is 17.1. The third kappa shape index (κ3) is 7.01. The average molecular weight is 540 g/mol. The Bertz CT molecular complexity index is 1270. The van der Waals surface area contributed by atoms with Gasteiger partial charge in [0.15, 0.2) is 0 Å². The first-order chi connectivity index (χ1) is 18.6. The monoisotopic (exact) mass is 539 g/mol. The molecule has 1 aromatic heterocycles. The lowest BCUT2D eigenvalue weighted by Crippen LogP contribution is -2.38.